The van der Waals surface area contributed by atoms with Crippen LogP contribution >= 0.6 is 0 Å². The van der Waals surface area contributed by atoms with Crippen LogP contribution in [0.1, 0.15) is 13.3 Å². The molecule has 1 heterocycles. The summed E-state index contributed by atoms with van der Waals surface area (Å²) in [4.78, 5) is 12.5. The molecule has 0 bridgehead atoms. The first-order chi connectivity index (χ1) is 4.20. The van der Waals surface area contributed by atoms with Crippen molar-refractivity contribution in [2.75, 3.05) is 13.1 Å². The van der Waals surface area contributed by atoms with E-state index in [2.05, 4.69) is 6.58 Å². The minimum atomic E-state index is 0.161. The minimum absolute atomic E-state index is 0.161. The molecule has 1 rings (SSSR count). The van der Waals surface area contributed by atoms with E-state index in [1.54, 1.807) is 6.92 Å². The Labute approximate surface area is 55.2 Å². The first kappa shape index (κ1) is 6.33. The maximum Gasteiger partial charge on any atom is 0.219 e. The second-order valence-electron chi connectivity index (χ2n) is 2.44. The molecular formula is C7H11NO. The molecule has 0 aromatic rings. The van der Waals surface area contributed by atoms with E-state index >= 15 is 0 Å². The van der Waals surface area contributed by atoms with Crippen LogP contribution < -0.4 is 0 Å². The van der Waals surface area contributed by atoms with Gasteiger partial charge in [0.25, 0.3) is 0 Å². The number of carbonyl (C=O) groups excluding carboxylic acids is 1. The Morgan fingerprint density at radius 1 is 1.78 bits per heavy atom. The number of likely N-dealkylation sites (tertiary alicyclic amines) is 1. The third-order valence-electron chi connectivity index (χ3n) is 1.60. The smallest absolute Gasteiger partial charge is 0.219 e. The Kier molecular flexibility index (Phi) is 1.56. The van der Waals surface area contributed by atoms with Crippen molar-refractivity contribution >= 4 is 5.91 Å². The fourth-order valence-corrected chi connectivity index (χ4v) is 0.990. The first-order valence-electron chi connectivity index (χ1n) is 3.12. The maximum atomic E-state index is 10.7. The summed E-state index contributed by atoms with van der Waals surface area (Å²) >= 11 is 0. The molecule has 1 saturated heterocycles. The van der Waals surface area contributed by atoms with Crippen LogP contribution in [0.4, 0.5) is 0 Å². The van der Waals surface area contributed by atoms with Crippen molar-refractivity contribution < 1.29 is 4.79 Å². The number of nitrogens with zero attached hydrogens (tertiary/aromatic N) is 1. The molecule has 0 radical (unpaired) electrons. The maximum absolute atomic E-state index is 10.7. The molecule has 0 aromatic carbocycles. The van der Waals surface area contributed by atoms with Crippen LogP contribution in [0, 0.1) is 0 Å². The van der Waals surface area contributed by atoms with Gasteiger partial charge in [-0.2, -0.15) is 0 Å². The Balaban J connectivity index is 2.48. The van der Waals surface area contributed by atoms with Gasteiger partial charge in [-0.15, -0.1) is 0 Å². The second kappa shape index (κ2) is 2.21. The highest BCUT2D eigenvalue weighted by Gasteiger charge is 2.15. The van der Waals surface area contributed by atoms with Crippen LogP contribution in [0.3, 0.4) is 0 Å². The predicted molar refractivity (Wildman–Crippen MR) is 36.0 cm³/mol. The van der Waals surface area contributed by atoms with Gasteiger partial charge in [-0.3, -0.25) is 4.79 Å². The number of carbonyl (C=O) groups is 1. The van der Waals surface area contributed by atoms with Crippen molar-refractivity contribution in [2.45, 2.75) is 13.3 Å². The van der Waals surface area contributed by atoms with E-state index in [0.717, 1.165) is 19.5 Å². The van der Waals surface area contributed by atoms with E-state index in [9.17, 15) is 4.79 Å². The molecule has 0 aliphatic carbocycles. The molecule has 2 heteroatoms. The summed E-state index contributed by atoms with van der Waals surface area (Å²) in [5, 5.41) is 0. The average Bonchev–Trinajstić information content (AvgIpc) is 2.14. The van der Waals surface area contributed by atoms with Gasteiger partial charge in [-0.1, -0.05) is 12.2 Å². The van der Waals surface area contributed by atoms with Gasteiger partial charge in [-0.05, 0) is 6.42 Å². The summed E-state index contributed by atoms with van der Waals surface area (Å²) in [5.74, 6) is 0.161. The van der Waals surface area contributed by atoms with Crippen molar-refractivity contribution in [1.29, 1.82) is 0 Å². The van der Waals surface area contributed by atoms with Gasteiger partial charge in [0.05, 0.1) is 0 Å². The molecule has 1 amide bonds. The van der Waals surface area contributed by atoms with E-state index in [-0.39, 0.29) is 5.91 Å². The lowest BCUT2D eigenvalue weighted by molar-refractivity contribution is -0.127. The lowest BCUT2D eigenvalue weighted by atomic mass is 10.3. The van der Waals surface area contributed by atoms with E-state index in [1.165, 1.54) is 5.57 Å². The lowest BCUT2D eigenvalue weighted by Crippen LogP contribution is -2.24. The molecule has 0 spiro atoms. The fraction of sp³-hybridized carbons (Fsp3) is 0.571. The SMILES string of the molecule is C=C1CCN(C(C)=O)C1. The van der Waals surface area contributed by atoms with Crippen molar-refractivity contribution in [2.24, 2.45) is 0 Å². The molecule has 0 unspecified atom stereocenters. The molecule has 2 nitrogen and oxygen atoms in total. The Morgan fingerprint density at radius 3 is 2.67 bits per heavy atom. The Morgan fingerprint density at radius 2 is 2.44 bits per heavy atom. The lowest BCUT2D eigenvalue weighted by Gasteiger charge is -2.10. The van der Waals surface area contributed by atoms with Gasteiger partial charge in [0.1, 0.15) is 0 Å². The standard InChI is InChI=1S/C7H11NO/c1-6-3-4-8(5-6)7(2)9/h1,3-5H2,2H3. The van der Waals surface area contributed by atoms with Crippen molar-refractivity contribution in [3.8, 4) is 0 Å². The fourth-order valence-electron chi connectivity index (χ4n) is 0.990. The van der Waals surface area contributed by atoms with Gasteiger partial charge < -0.3 is 4.90 Å². The van der Waals surface area contributed by atoms with Crippen LogP contribution in [0.2, 0.25) is 0 Å². The normalized spacial score (nSPS) is 18.8. The zero-order valence-corrected chi connectivity index (χ0v) is 5.68. The first-order valence-corrected chi connectivity index (χ1v) is 3.12. The summed E-state index contributed by atoms with van der Waals surface area (Å²) in [5.41, 5.74) is 1.17. The van der Waals surface area contributed by atoms with Crippen molar-refractivity contribution in [3.63, 3.8) is 0 Å². The summed E-state index contributed by atoms with van der Waals surface area (Å²) < 4.78 is 0. The molecule has 0 N–H and O–H groups in total. The van der Waals surface area contributed by atoms with E-state index in [1.807, 2.05) is 4.90 Å². The quantitative estimate of drug-likeness (QED) is 0.438. The predicted octanol–water partition coefficient (Wildman–Crippen LogP) is 0.795. The van der Waals surface area contributed by atoms with Gasteiger partial charge in [0.15, 0.2) is 0 Å². The zero-order chi connectivity index (χ0) is 6.85. The van der Waals surface area contributed by atoms with Crippen LogP contribution in [0.15, 0.2) is 12.2 Å². The third-order valence-corrected chi connectivity index (χ3v) is 1.60. The minimum Gasteiger partial charge on any atom is -0.339 e. The highest BCUT2D eigenvalue weighted by atomic mass is 16.2. The third kappa shape index (κ3) is 1.31. The Bertz CT molecular complexity index is 151. The molecule has 1 aliphatic heterocycles. The van der Waals surface area contributed by atoms with Crippen LogP contribution in [0.25, 0.3) is 0 Å². The van der Waals surface area contributed by atoms with Gasteiger partial charge in [0.2, 0.25) is 5.91 Å². The van der Waals surface area contributed by atoms with E-state index in [4.69, 9.17) is 0 Å². The summed E-state index contributed by atoms with van der Waals surface area (Å²) in [6.07, 6.45) is 0.986. The van der Waals surface area contributed by atoms with Gasteiger partial charge >= 0.3 is 0 Å². The molecule has 1 aliphatic rings. The monoisotopic (exact) mass is 125 g/mol. The molecule has 0 atom stereocenters. The van der Waals surface area contributed by atoms with Crippen molar-refractivity contribution in [3.05, 3.63) is 12.2 Å². The molecule has 0 aromatic heterocycles. The highest BCUT2D eigenvalue weighted by Crippen LogP contribution is 2.11. The average molecular weight is 125 g/mol. The molecule has 50 valence electrons. The van der Waals surface area contributed by atoms with Crippen LogP contribution in [-0.4, -0.2) is 23.9 Å². The number of hydrogen-bond donors (Lipinski definition) is 0. The number of amides is 1. The van der Waals surface area contributed by atoms with Crippen LogP contribution in [0.5, 0.6) is 0 Å². The summed E-state index contributed by atoms with van der Waals surface area (Å²) in [6.45, 7) is 7.03. The molecular weight excluding hydrogens is 114 g/mol. The topological polar surface area (TPSA) is 20.3 Å². The van der Waals surface area contributed by atoms with E-state index in [0.29, 0.717) is 0 Å². The second-order valence-corrected chi connectivity index (χ2v) is 2.44. The highest BCUT2D eigenvalue weighted by molar-refractivity contribution is 5.74. The summed E-state index contributed by atoms with van der Waals surface area (Å²) in [6, 6.07) is 0. The molecule has 1 fully saturated rings. The number of rotatable bonds is 0. The zero-order valence-electron chi connectivity index (χ0n) is 5.68. The molecule has 0 saturated carbocycles. The number of hydrogen-bond acceptors (Lipinski definition) is 1. The summed E-state index contributed by atoms with van der Waals surface area (Å²) in [7, 11) is 0. The van der Waals surface area contributed by atoms with E-state index < -0.39 is 0 Å². The Hall–Kier alpha value is -0.790. The van der Waals surface area contributed by atoms with Gasteiger partial charge in [-0.25, -0.2) is 0 Å². The largest absolute Gasteiger partial charge is 0.339 e. The van der Waals surface area contributed by atoms with Gasteiger partial charge in [0, 0.05) is 20.0 Å². The van der Waals surface area contributed by atoms with Crippen molar-refractivity contribution in [1.82, 2.24) is 4.90 Å². The van der Waals surface area contributed by atoms with Crippen LogP contribution in [-0.2, 0) is 4.79 Å². The molecule has 9 heavy (non-hydrogen) atoms.